The quantitative estimate of drug-likeness (QED) is 0.768. The van der Waals surface area contributed by atoms with Gasteiger partial charge in [-0.25, -0.2) is 0 Å². The number of hydrogen-bond acceptors (Lipinski definition) is 3. The number of hydrogen-bond donors (Lipinski definition) is 2. The van der Waals surface area contributed by atoms with Gasteiger partial charge in [-0.2, -0.15) is 0 Å². The van der Waals surface area contributed by atoms with Crippen molar-refractivity contribution in [2.45, 2.75) is 33.0 Å². The summed E-state index contributed by atoms with van der Waals surface area (Å²) >= 11 is 0. The van der Waals surface area contributed by atoms with Crippen LogP contribution in [0.2, 0.25) is 0 Å². The van der Waals surface area contributed by atoms with Crippen LogP contribution in [-0.2, 0) is 19.7 Å². The van der Waals surface area contributed by atoms with E-state index in [0.717, 1.165) is 37.3 Å². The third-order valence-electron chi connectivity index (χ3n) is 3.54. The van der Waals surface area contributed by atoms with E-state index in [2.05, 4.69) is 36.1 Å². The minimum atomic E-state index is 0.102. The molecule has 2 rings (SSSR count). The molecule has 0 aliphatic carbocycles. The van der Waals surface area contributed by atoms with E-state index in [1.54, 1.807) is 0 Å². The minimum absolute atomic E-state index is 0.102. The summed E-state index contributed by atoms with van der Waals surface area (Å²) in [6, 6.07) is 16.3. The van der Waals surface area contributed by atoms with Crippen LogP contribution in [0.4, 0.5) is 5.69 Å². The molecule has 0 spiro atoms. The van der Waals surface area contributed by atoms with E-state index < -0.39 is 0 Å². The summed E-state index contributed by atoms with van der Waals surface area (Å²) in [5.41, 5.74) is 10.1. The molecule has 3 nitrogen and oxygen atoms in total. The fourth-order valence-electron chi connectivity index (χ4n) is 2.42. The third kappa shape index (κ3) is 4.88. The smallest absolute Gasteiger partial charge is 0.0681 e. The van der Waals surface area contributed by atoms with E-state index in [-0.39, 0.29) is 6.61 Å². The van der Waals surface area contributed by atoms with E-state index in [0.29, 0.717) is 0 Å². The fraction of sp³-hybridized carbons (Fsp3) is 0.333. The molecule has 0 atom stereocenters. The Kier molecular flexibility index (Phi) is 5.78. The molecule has 0 saturated heterocycles. The first-order valence-corrected chi connectivity index (χ1v) is 7.46. The first-order valence-electron chi connectivity index (χ1n) is 7.46. The Bertz CT molecular complexity index is 534. The number of nitrogens with two attached hydrogens (primary N) is 1. The van der Waals surface area contributed by atoms with Crippen molar-refractivity contribution in [1.29, 1.82) is 0 Å². The summed E-state index contributed by atoms with van der Waals surface area (Å²) in [5, 5.41) is 9.09. The number of aliphatic hydroxyl groups is 1. The molecule has 2 aromatic carbocycles. The SMILES string of the molecule is CCCN(Cc1ccc(N)cc1)Cc1ccc(CO)cc1. The Balaban J connectivity index is 2.02. The maximum absolute atomic E-state index is 9.09. The lowest BCUT2D eigenvalue weighted by atomic mass is 10.1. The zero-order valence-corrected chi connectivity index (χ0v) is 12.6. The standard InChI is InChI=1S/C18H24N2O/c1-2-11-20(13-16-7-9-18(19)10-8-16)12-15-3-5-17(14-21)6-4-15/h3-10,21H,2,11-14,19H2,1H3. The molecule has 3 N–H and O–H groups in total. The van der Waals surface area contributed by atoms with Gasteiger partial charge in [0.1, 0.15) is 0 Å². The summed E-state index contributed by atoms with van der Waals surface area (Å²) in [6.07, 6.45) is 1.13. The molecule has 112 valence electrons. The fourth-order valence-corrected chi connectivity index (χ4v) is 2.42. The van der Waals surface area contributed by atoms with Gasteiger partial charge in [-0.15, -0.1) is 0 Å². The normalized spacial score (nSPS) is 11.0. The summed E-state index contributed by atoms with van der Waals surface area (Å²) < 4.78 is 0. The summed E-state index contributed by atoms with van der Waals surface area (Å²) in [5.74, 6) is 0. The second-order valence-electron chi connectivity index (χ2n) is 5.43. The van der Waals surface area contributed by atoms with Crippen LogP contribution in [-0.4, -0.2) is 16.6 Å². The Morgan fingerprint density at radius 1 is 0.857 bits per heavy atom. The topological polar surface area (TPSA) is 49.5 Å². The van der Waals surface area contributed by atoms with Gasteiger partial charge in [0, 0.05) is 18.8 Å². The van der Waals surface area contributed by atoms with Crippen LogP contribution in [0.15, 0.2) is 48.5 Å². The molecule has 0 aliphatic rings. The van der Waals surface area contributed by atoms with Crippen LogP contribution in [0.3, 0.4) is 0 Å². The van der Waals surface area contributed by atoms with Gasteiger partial charge in [0.05, 0.1) is 6.61 Å². The van der Waals surface area contributed by atoms with Crippen molar-refractivity contribution < 1.29 is 5.11 Å². The molecule has 0 aromatic heterocycles. The summed E-state index contributed by atoms with van der Waals surface area (Å²) in [4.78, 5) is 2.43. The second kappa shape index (κ2) is 7.81. The lowest BCUT2D eigenvalue weighted by Gasteiger charge is -2.22. The molecule has 0 unspecified atom stereocenters. The predicted octanol–water partition coefficient (Wildman–Crippen LogP) is 3.17. The van der Waals surface area contributed by atoms with Crippen molar-refractivity contribution >= 4 is 5.69 Å². The monoisotopic (exact) mass is 284 g/mol. The molecule has 21 heavy (non-hydrogen) atoms. The number of nitrogens with zero attached hydrogens (tertiary/aromatic N) is 1. The van der Waals surface area contributed by atoms with Crippen molar-refractivity contribution in [3.8, 4) is 0 Å². The highest BCUT2D eigenvalue weighted by Crippen LogP contribution is 2.13. The number of aliphatic hydroxyl groups excluding tert-OH is 1. The Morgan fingerprint density at radius 2 is 1.33 bits per heavy atom. The molecule has 0 fully saturated rings. The number of benzene rings is 2. The third-order valence-corrected chi connectivity index (χ3v) is 3.54. The van der Waals surface area contributed by atoms with E-state index in [1.807, 2.05) is 24.3 Å². The van der Waals surface area contributed by atoms with E-state index in [9.17, 15) is 0 Å². The van der Waals surface area contributed by atoms with Gasteiger partial charge in [-0.3, -0.25) is 4.90 Å². The van der Waals surface area contributed by atoms with Crippen molar-refractivity contribution in [3.05, 3.63) is 65.2 Å². The maximum Gasteiger partial charge on any atom is 0.0681 e. The molecule has 0 bridgehead atoms. The number of anilines is 1. The van der Waals surface area contributed by atoms with E-state index in [1.165, 1.54) is 11.1 Å². The number of rotatable bonds is 7. The molecule has 0 saturated carbocycles. The van der Waals surface area contributed by atoms with Crippen LogP contribution in [0.5, 0.6) is 0 Å². The van der Waals surface area contributed by atoms with Crippen LogP contribution >= 0.6 is 0 Å². The molecule has 0 radical (unpaired) electrons. The highest BCUT2D eigenvalue weighted by molar-refractivity contribution is 5.39. The second-order valence-corrected chi connectivity index (χ2v) is 5.43. The van der Waals surface area contributed by atoms with Gasteiger partial charge in [0.2, 0.25) is 0 Å². The highest BCUT2D eigenvalue weighted by Gasteiger charge is 2.06. The maximum atomic E-state index is 9.09. The molecular weight excluding hydrogens is 260 g/mol. The molecule has 0 aliphatic heterocycles. The summed E-state index contributed by atoms with van der Waals surface area (Å²) in [7, 11) is 0. The van der Waals surface area contributed by atoms with Crippen LogP contribution in [0.1, 0.15) is 30.0 Å². The number of nitrogen functional groups attached to an aromatic ring is 1. The molecule has 2 aromatic rings. The van der Waals surface area contributed by atoms with Crippen molar-refractivity contribution in [1.82, 2.24) is 4.90 Å². The average Bonchev–Trinajstić information content (AvgIpc) is 2.50. The van der Waals surface area contributed by atoms with Gasteiger partial charge < -0.3 is 10.8 Å². The van der Waals surface area contributed by atoms with Crippen molar-refractivity contribution in [2.75, 3.05) is 12.3 Å². The molecule has 3 heteroatoms. The zero-order valence-electron chi connectivity index (χ0n) is 12.6. The Hall–Kier alpha value is -1.84. The van der Waals surface area contributed by atoms with Crippen LogP contribution < -0.4 is 5.73 Å². The largest absolute Gasteiger partial charge is 0.399 e. The van der Waals surface area contributed by atoms with E-state index in [4.69, 9.17) is 10.8 Å². The Morgan fingerprint density at radius 3 is 1.81 bits per heavy atom. The lowest BCUT2D eigenvalue weighted by molar-refractivity contribution is 0.257. The molecule has 0 amide bonds. The minimum Gasteiger partial charge on any atom is -0.399 e. The molecule has 0 heterocycles. The van der Waals surface area contributed by atoms with Crippen molar-refractivity contribution in [3.63, 3.8) is 0 Å². The Labute approximate surface area is 127 Å². The van der Waals surface area contributed by atoms with Crippen LogP contribution in [0, 0.1) is 0 Å². The predicted molar refractivity (Wildman–Crippen MR) is 87.6 cm³/mol. The van der Waals surface area contributed by atoms with Crippen molar-refractivity contribution in [2.24, 2.45) is 0 Å². The zero-order chi connectivity index (χ0) is 15.1. The van der Waals surface area contributed by atoms with Gasteiger partial charge in [-0.1, -0.05) is 43.3 Å². The first-order chi connectivity index (χ1) is 10.2. The summed E-state index contributed by atoms with van der Waals surface area (Å²) in [6.45, 7) is 5.21. The lowest BCUT2D eigenvalue weighted by Crippen LogP contribution is -2.23. The highest BCUT2D eigenvalue weighted by atomic mass is 16.3. The van der Waals surface area contributed by atoms with Gasteiger partial charge in [0.25, 0.3) is 0 Å². The van der Waals surface area contributed by atoms with Gasteiger partial charge in [0.15, 0.2) is 0 Å². The molecular formula is C18H24N2O. The average molecular weight is 284 g/mol. The van der Waals surface area contributed by atoms with Gasteiger partial charge >= 0.3 is 0 Å². The first kappa shape index (κ1) is 15.5. The van der Waals surface area contributed by atoms with E-state index >= 15 is 0 Å². The van der Waals surface area contributed by atoms with Crippen LogP contribution in [0.25, 0.3) is 0 Å². The van der Waals surface area contributed by atoms with Gasteiger partial charge in [-0.05, 0) is 41.8 Å².